The van der Waals surface area contributed by atoms with Crippen LogP contribution < -0.4 is 11.3 Å². The van der Waals surface area contributed by atoms with Crippen LogP contribution in [0.5, 0.6) is 0 Å². The molecule has 90 valence electrons. The van der Waals surface area contributed by atoms with Gasteiger partial charge in [-0.1, -0.05) is 12.1 Å². The highest BCUT2D eigenvalue weighted by molar-refractivity contribution is 5.85. The van der Waals surface area contributed by atoms with E-state index in [1.54, 1.807) is 4.57 Å². The van der Waals surface area contributed by atoms with Gasteiger partial charge in [0.1, 0.15) is 0 Å². The van der Waals surface area contributed by atoms with E-state index in [1.807, 2.05) is 33.0 Å². The zero-order valence-electron chi connectivity index (χ0n) is 10.7. The average Bonchev–Trinajstić information content (AvgIpc) is 2.27. The maximum atomic E-state index is 12.2. The molecule has 1 unspecified atom stereocenters. The predicted molar refractivity (Wildman–Crippen MR) is 71.3 cm³/mol. The third-order valence-electron chi connectivity index (χ3n) is 3.31. The molecule has 2 N–H and O–H groups in total. The Morgan fingerprint density at radius 2 is 1.82 bits per heavy atom. The molecule has 0 amide bonds. The van der Waals surface area contributed by atoms with Crippen LogP contribution in [0, 0.1) is 13.8 Å². The van der Waals surface area contributed by atoms with Crippen LogP contribution in [0.15, 0.2) is 23.0 Å². The van der Waals surface area contributed by atoms with Crippen molar-refractivity contribution in [3.63, 3.8) is 0 Å². The molecule has 1 aromatic heterocycles. The van der Waals surface area contributed by atoms with E-state index in [0.717, 1.165) is 16.5 Å². The molecule has 1 heterocycles. The van der Waals surface area contributed by atoms with Crippen LogP contribution in [0.4, 0.5) is 0 Å². The molecular formula is C14H18N2O. The molecule has 0 saturated heterocycles. The van der Waals surface area contributed by atoms with Gasteiger partial charge in [-0.25, -0.2) is 0 Å². The number of pyridine rings is 1. The van der Waals surface area contributed by atoms with Crippen LogP contribution in [0.3, 0.4) is 0 Å². The summed E-state index contributed by atoms with van der Waals surface area (Å²) in [7, 11) is 1.81. The van der Waals surface area contributed by atoms with Crippen LogP contribution in [-0.4, -0.2) is 4.57 Å². The van der Waals surface area contributed by atoms with Gasteiger partial charge in [-0.15, -0.1) is 0 Å². The number of nitrogens with zero attached hydrogens (tertiary/aromatic N) is 1. The second-order valence-electron chi connectivity index (χ2n) is 4.71. The van der Waals surface area contributed by atoms with Gasteiger partial charge >= 0.3 is 0 Å². The summed E-state index contributed by atoms with van der Waals surface area (Å²) >= 11 is 0. The van der Waals surface area contributed by atoms with E-state index in [2.05, 4.69) is 13.0 Å². The molecule has 3 heteroatoms. The maximum Gasteiger partial charge on any atom is 0.255 e. The van der Waals surface area contributed by atoms with Crippen molar-refractivity contribution in [2.45, 2.75) is 26.8 Å². The molecule has 0 fully saturated rings. The first-order valence-electron chi connectivity index (χ1n) is 5.79. The highest BCUT2D eigenvalue weighted by Gasteiger charge is 2.12. The predicted octanol–water partition coefficient (Wildman–Crippen LogP) is 2.18. The number of aromatic nitrogens is 1. The van der Waals surface area contributed by atoms with Crippen molar-refractivity contribution in [3.8, 4) is 0 Å². The fourth-order valence-electron chi connectivity index (χ4n) is 2.28. The molecule has 0 aliphatic carbocycles. The summed E-state index contributed by atoms with van der Waals surface area (Å²) in [6.45, 7) is 5.91. The van der Waals surface area contributed by atoms with Crippen molar-refractivity contribution in [2.75, 3.05) is 0 Å². The van der Waals surface area contributed by atoms with Gasteiger partial charge in [0.25, 0.3) is 5.56 Å². The Kier molecular flexibility index (Phi) is 2.79. The number of fused-ring (bicyclic) bond motifs is 1. The van der Waals surface area contributed by atoms with Crippen molar-refractivity contribution in [2.24, 2.45) is 12.8 Å². The van der Waals surface area contributed by atoms with Crippen LogP contribution >= 0.6 is 0 Å². The minimum Gasteiger partial charge on any atom is -0.324 e. The largest absolute Gasteiger partial charge is 0.324 e. The minimum absolute atomic E-state index is 0.00111. The number of hydrogen-bond donors (Lipinski definition) is 1. The van der Waals surface area contributed by atoms with Gasteiger partial charge in [-0.2, -0.15) is 0 Å². The summed E-state index contributed by atoms with van der Waals surface area (Å²) in [6.07, 6.45) is 0. The first-order valence-corrected chi connectivity index (χ1v) is 5.79. The molecule has 3 nitrogen and oxygen atoms in total. The van der Waals surface area contributed by atoms with Gasteiger partial charge in [0.05, 0.1) is 5.52 Å². The summed E-state index contributed by atoms with van der Waals surface area (Å²) in [6, 6.07) is 5.82. The van der Waals surface area contributed by atoms with Gasteiger partial charge in [0.2, 0.25) is 0 Å². The van der Waals surface area contributed by atoms with E-state index in [4.69, 9.17) is 5.73 Å². The lowest BCUT2D eigenvalue weighted by atomic mass is 10.0. The summed E-state index contributed by atoms with van der Waals surface area (Å²) < 4.78 is 1.70. The molecule has 1 aromatic carbocycles. The SMILES string of the molecule is Cc1ccc(C)c2c1cc(C(C)N)c(=O)n2C. The second-order valence-corrected chi connectivity index (χ2v) is 4.71. The molecule has 0 spiro atoms. The Balaban J connectivity index is 3.01. The molecule has 17 heavy (non-hydrogen) atoms. The lowest BCUT2D eigenvalue weighted by molar-refractivity contribution is 0.771. The Morgan fingerprint density at radius 1 is 1.24 bits per heavy atom. The normalized spacial score (nSPS) is 13.0. The van der Waals surface area contributed by atoms with E-state index < -0.39 is 0 Å². The monoisotopic (exact) mass is 230 g/mol. The van der Waals surface area contributed by atoms with E-state index >= 15 is 0 Å². The highest BCUT2D eigenvalue weighted by Crippen LogP contribution is 2.22. The minimum atomic E-state index is -0.238. The average molecular weight is 230 g/mol. The molecule has 2 aromatic rings. The number of benzene rings is 1. The Hall–Kier alpha value is -1.61. The van der Waals surface area contributed by atoms with E-state index in [1.165, 1.54) is 5.56 Å². The zero-order valence-corrected chi connectivity index (χ0v) is 10.7. The third-order valence-corrected chi connectivity index (χ3v) is 3.31. The van der Waals surface area contributed by atoms with Crippen molar-refractivity contribution in [1.82, 2.24) is 4.57 Å². The number of aryl methyl sites for hydroxylation is 3. The van der Waals surface area contributed by atoms with Gasteiger partial charge in [0.15, 0.2) is 0 Å². The fourth-order valence-corrected chi connectivity index (χ4v) is 2.28. The maximum absolute atomic E-state index is 12.2. The Morgan fingerprint density at radius 3 is 2.41 bits per heavy atom. The molecule has 0 aliphatic heterocycles. The summed E-state index contributed by atoms with van der Waals surface area (Å²) in [4.78, 5) is 12.2. The van der Waals surface area contributed by atoms with Crippen LogP contribution in [0.25, 0.3) is 10.9 Å². The molecule has 2 rings (SSSR count). The molecule has 0 aliphatic rings. The molecular weight excluding hydrogens is 212 g/mol. The van der Waals surface area contributed by atoms with E-state index in [-0.39, 0.29) is 11.6 Å². The first-order chi connectivity index (χ1) is 7.93. The summed E-state index contributed by atoms with van der Waals surface area (Å²) in [5.74, 6) is 0. The number of rotatable bonds is 1. The zero-order chi connectivity index (χ0) is 12.7. The Bertz CT molecular complexity index is 639. The fraction of sp³-hybridized carbons (Fsp3) is 0.357. The number of nitrogens with two attached hydrogens (primary N) is 1. The van der Waals surface area contributed by atoms with Crippen LogP contribution in [-0.2, 0) is 7.05 Å². The van der Waals surface area contributed by atoms with Crippen molar-refractivity contribution < 1.29 is 0 Å². The highest BCUT2D eigenvalue weighted by atomic mass is 16.1. The lowest BCUT2D eigenvalue weighted by Gasteiger charge is -2.14. The van der Waals surface area contributed by atoms with Crippen LogP contribution in [0.2, 0.25) is 0 Å². The van der Waals surface area contributed by atoms with Gasteiger partial charge < -0.3 is 10.3 Å². The summed E-state index contributed by atoms with van der Waals surface area (Å²) in [5.41, 5.74) is 9.81. The molecule has 0 bridgehead atoms. The molecule has 0 saturated carbocycles. The second kappa shape index (κ2) is 4.00. The van der Waals surface area contributed by atoms with E-state index in [0.29, 0.717) is 5.56 Å². The van der Waals surface area contributed by atoms with Crippen molar-refractivity contribution >= 4 is 10.9 Å². The number of hydrogen-bond acceptors (Lipinski definition) is 2. The van der Waals surface area contributed by atoms with Gasteiger partial charge in [0, 0.05) is 24.0 Å². The van der Waals surface area contributed by atoms with E-state index in [9.17, 15) is 4.79 Å². The Labute approximate surface area is 101 Å². The quantitative estimate of drug-likeness (QED) is 0.816. The van der Waals surface area contributed by atoms with Crippen molar-refractivity contribution in [1.29, 1.82) is 0 Å². The first kappa shape index (κ1) is 11.9. The lowest BCUT2D eigenvalue weighted by Crippen LogP contribution is -2.26. The van der Waals surface area contributed by atoms with Gasteiger partial charge in [-0.05, 0) is 38.0 Å². The standard InChI is InChI=1S/C14H18N2O/c1-8-5-6-9(2)13-11(8)7-12(10(3)15)14(17)16(13)4/h5-7,10H,15H2,1-4H3. The van der Waals surface area contributed by atoms with Crippen LogP contribution in [0.1, 0.15) is 29.7 Å². The molecule has 0 radical (unpaired) electrons. The molecule has 1 atom stereocenters. The topological polar surface area (TPSA) is 48.0 Å². The van der Waals surface area contributed by atoms with Gasteiger partial charge in [-0.3, -0.25) is 4.79 Å². The summed E-state index contributed by atoms with van der Waals surface area (Å²) in [5, 5.41) is 1.11. The van der Waals surface area contributed by atoms with Crippen molar-refractivity contribution in [3.05, 3.63) is 45.2 Å². The smallest absolute Gasteiger partial charge is 0.255 e. The third kappa shape index (κ3) is 1.76.